The fraction of sp³-hybridized carbons (Fsp3) is 0.389. The highest BCUT2D eigenvalue weighted by atomic mass is 32.1. The van der Waals surface area contributed by atoms with E-state index in [1.165, 1.54) is 24.2 Å². The monoisotopic (exact) mass is 355 g/mol. The van der Waals surface area contributed by atoms with Gasteiger partial charge in [0.15, 0.2) is 5.13 Å². The topological polar surface area (TPSA) is 63.1 Å². The number of thiazole rings is 1. The molecule has 1 unspecified atom stereocenters. The predicted molar refractivity (Wildman–Crippen MR) is 99.7 cm³/mol. The van der Waals surface area contributed by atoms with Crippen molar-refractivity contribution in [3.63, 3.8) is 0 Å². The van der Waals surface area contributed by atoms with Crippen molar-refractivity contribution in [2.45, 2.75) is 31.8 Å². The Balaban J connectivity index is 1.30. The second-order valence-electron chi connectivity index (χ2n) is 6.35. The lowest BCUT2D eigenvalue weighted by molar-refractivity contribution is -0.116. The summed E-state index contributed by atoms with van der Waals surface area (Å²) in [6, 6.07) is 10.3. The molecule has 1 N–H and O–H groups in total. The summed E-state index contributed by atoms with van der Waals surface area (Å²) in [5.41, 5.74) is 0.932. The summed E-state index contributed by atoms with van der Waals surface area (Å²) in [6.45, 7) is 2.73. The molecule has 1 amide bonds. The van der Waals surface area contributed by atoms with Gasteiger partial charge in [-0.15, -0.1) is 0 Å². The van der Waals surface area contributed by atoms with Gasteiger partial charge in [0.05, 0.1) is 16.8 Å². The van der Waals surface area contributed by atoms with Crippen LogP contribution in [0.1, 0.15) is 19.3 Å². The summed E-state index contributed by atoms with van der Waals surface area (Å²) in [7, 11) is 0. The first kappa shape index (κ1) is 16.2. The van der Waals surface area contributed by atoms with Gasteiger partial charge in [0.2, 0.25) is 5.91 Å². The van der Waals surface area contributed by atoms with Crippen LogP contribution in [0.2, 0.25) is 0 Å². The number of hydrogen-bond acceptors (Lipinski definition) is 5. The van der Waals surface area contributed by atoms with Gasteiger partial charge in [-0.05, 0) is 37.6 Å². The maximum atomic E-state index is 12.3. The standard InChI is InChI=1S/C18H21N5OS/c24-17(21-18-20-15-6-1-2-7-16(15)25-18)8-12-22-10-3-5-14(22)13-23-11-4-9-19-23/h1-2,4,6-7,9,11,14H,3,5,8,10,12-13H2,(H,20,21,24). The number of aromatic nitrogens is 3. The van der Waals surface area contributed by atoms with Crippen LogP contribution in [0.4, 0.5) is 5.13 Å². The Labute approximate surface area is 150 Å². The van der Waals surface area contributed by atoms with Crippen molar-refractivity contribution in [2.75, 3.05) is 18.4 Å². The number of carbonyl (C=O) groups is 1. The zero-order valence-electron chi connectivity index (χ0n) is 14.0. The molecule has 0 radical (unpaired) electrons. The Kier molecular flexibility index (Phi) is 4.76. The largest absolute Gasteiger partial charge is 0.302 e. The molecule has 0 bridgehead atoms. The molecular formula is C18H21N5OS. The van der Waals surface area contributed by atoms with Gasteiger partial charge in [-0.3, -0.25) is 14.4 Å². The minimum Gasteiger partial charge on any atom is -0.302 e. The number of rotatable bonds is 6. The van der Waals surface area contributed by atoms with Gasteiger partial charge in [0.1, 0.15) is 0 Å². The van der Waals surface area contributed by atoms with Gasteiger partial charge in [0, 0.05) is 31.4 Å². The van der Waals surface area contributed by atoms with Gasteiger partial charge in [-0.1, -0.05) is 23.5 Å². The van der Waals surface area contributed by atoms with Crippen molar-refractivity contribution in [2.24, 2.45) is 0 Å². The van der Waals surface area contributed by atoms with Gasteiger partial charge in [-0.2, -0.15) is 5.10 Å². The summed E-state index contributed by atoms with van der Waals surface area (Å²) in [5, 5.41) is 7.91. The molecule has 4 rings (SSSR count). The number of carbonyl (C=O) groups excluding carboxylic acids is 1. The number of fused-ring (bicyclic) bond motifs is 1. The van der Waals surface area contributed by atoms with Crippen LogP contribution in [0, 0.1) is 0 Å². The Hall–Kier alpha value is -2.25. The predicted octanol–water partition coefficient (Wildman–Crippen LogP) is 2.99. The van der Waals surface area contributed by atoms with Crippen LogP contribution >= 0.6 is 11.3 Å². The van der Waals surface area contributed by atoms with E-state index >= 15 is 0 Å². The van der Waals surface area contributed by atoms with E-state index in [1.54, 1.807) is 0 Å². The number of nitrogens with zero attached hydrogens (tertiary/aromatic N) is 4. The molecule has 0 aliphatic carbocycles. The van der Waals surface area contributed by atoms with Crippen LogP contribution in [0.15, 0.2) is 42.7 Å². The minimum absolute atomic E-state index is 0.0313. The van der Waals surface area contributed by atoms with Crippen molar-refractivity contribution >= 4 is 32.6 Å². The molecule has 1 saturated heterocycles. The quantitative estimate of drug-likeness (QED) is 0.738. The molecule has 6 nitrogen and oxygen atoms in total. The van der Waals surface area contributed by atoms with E-state index in [4.69, 9.17) is 0 Å². The van der Waals surface area contributed by atoms with E-state index in [-0.39, 0.29) is 5.91 Å². The maximum absolute atomic E-state index is 12.3. The van der Waals surface area contributed by atoms with E-state index in [0.717, 1.165) is 29.9 Å². The summed E-state index contributed by atoms with van der Waals surface area (Å²) in [5.74, 6) is 0.0313. The summed E-state index contributed by atoms with van der Waals surface area (Å²) >= 11 is 1.52. The third-order valence-corrected chi connectivity index (χ3v) is 5.57. The number of likely N-dealkylation sites (tertiary alicyclic amines) is 1. The number of amides is 1. The van der Waals surface area contributed by atoms with E-state index in [9.17, 15) is 4.79 Å². The number of benzene rings is 1. The molecule has 0 saturated carbocycles. The highest BCUT2D eigenvalue weighted by Crippen LogP contribution is 2.25. The molecule has 25 heavy (non-hydrogen) atoms. The molecule has 1 aliphatic rings. The second-order valence-corrected chi connectivity index (χ2v) is 7.38. The first-order valence-electron chi connectivity index (χ1n) is 8.65. The van der Waals surface area contributed by atoms with Crippen molar-refractivity contribution in [1.82, 2.24) is 19.7 Å². The van der Waals surface area contributed by atoms with Gasteiger partial charge < -0.3 is 5.32 Å². The molecule has 130 valence electrons. The average molecular weight is 355 g/mol. The lowest BCUT2D eigenvalue weighted by Crippen LogP contribution is -2.35. The van der Waals surface area contributed by atoms with Crippen molar-refractivity contribution < 1.29 is 4.79 Å². The molecule has 3 aromatic rings. The molecule has 1 atom stereocenters. The van der Waals surface area contributed by atoms with E-state index in [2.05, 4.69) is 20.3 Å². The molecule has 3 heterocycles. The zero-order valence-corrected chi connectivity index (χ0v) is 14.8. The summed E-state index contributed by atoms with van der Waals surface area (Å²) in [4.78, 5) is 19.1. The smallest absolute Gasteiger partial charge is 0.227 e. The number of anilines is 1. The van der Waals surface area contributed by atoms with Crippen LogP contribution in [0.3, 0.4) is 0 Å². The SMILES string of the molecule is O=C(CCN1CCCC1Cn1cccn1)Nc1nc2ccccc2s1. The second kappa shape index (κ2) is 7.33. The first-order chi connectivity index (χ1) is 12.3. The van der Waals surface area contributed by atoms with Gasteiger partial charge in [-0.25, -0.2) is 4.98 Å². The van der Waals surface area contributed by atoms with Crippen LogP contribution in [-0.2, 0) is 11.3 Å². The Bertz CT molecular complexity index is 811. The Morgan fingerprint density at radius 3 is 3.08 bits per heavy atom. The van der Waals surface area contributed by atoms with Crippen molar-refractivity contribution in [3.05, 3.63) is 42.7 Å². The highest BCUT2D eigenvalue weighted by Gasteiger charge is 2.25. The van der Waals surface area contributed by atoms with E-state index in [1.807, 2.05) is 47.4 Å². The van der Waals surface area contributed by atoms with Crippen molar-refractivity contribution in [1.29, 1.82) is 0 Å². The fourth-order valence-electron chi connectivity index (χ4n) is 3.37. The van der Waals surface area contributed by atoms with E-state index < -0.39 is 0 Å². The Morgan fingerprint density at radius 2 is 2.24 bits per heavy atom. The number of hydrogen-bond donors (Lipinski definition) is 1. The fourth-order valence-corrected chi connectivity index (χ4v) is 4.26. The molecule has 0 spiro atoms. The molecule has 7 heteroatoms. The van der Waals surface area contributed by atoms with Crippen LogP contribution in [0.5, 0.6) is 0 Å². The lowest BCUT2D eigenvalue weighted by atomic mass is 10.2. The summed E-state index contributed by atoms with van der Waals surface area (Å²) in [6.07, 6.45) is 6.65. The number of nitrogens with one attached hydrogen (secondary N) is 1. The van der Waals surface area contributed by atoms with Crippen molar-refractivity contribution in [3.8, 4) is 0 Å². The molecule has 1 fully saturated rings. The third-order valence-electron chi connectivity index (χ3n) is 4.62. The normalized spacial score (nSPS) is 18.0. The highest BCUT2D eigenvalue weighted by molar-refractivity contribution is 7.22. The van der Waals surface area contributed by atoms with Gasteiger partial charge >= 0.3 is 0 Å². The van der Waals surface area contributed by atoms with Crippen LogP contribution in [0.25, 0.3) is 10.2 Å². The molecule has 2 aromatic heterocycles. The first-order valence-corrected chi connectivity index (χ1v) is 9.46. The summed E-state index contributed by atoms with van der Waals surface area (Å²) < 4.78 is 3.07. The zero-order chi connectivity index (χ0) is 17.1. The molecule has 1 aliphatic heterocycles. The van der Waals surface area contributed by atoms with Gasteiger partial charge in [0.25, 0.3) is 0 Å². The Morgan fingerprint density at radius 1 is 1.32 bits per heavy atom. The van der Waals surface area contributed by atoms with Crippen LogP contribution < -0.4 is 5.32 Å². The number of para-hydroxylation sites is 1. The molecule has 1 aromatic carbocycles. The third kappa shape index (κ3) is 3.88. The van der Waals surface area contributed by atoms with E-state index in [0.29, 0.717) is 17.6 Å². The maximum Gasteiger partial charge on any atom is 0.227 e. The average Bonchev–Trinajstić information content (AvgIpc) is 3.33. The lowest BCUT2D eigenvalue weighted by Gasteiger charge is -2.24. The van der Waals surface area contributed by atoms with Crippen LogP contribution in [-0.4, -0.2) is 44.7 Å². The molecular weight excluding hydrogens is 334 g/mol. The minimum atomic E-state index is 0.0313.